The second-order valence-electron chi connectivity index (χ2n) is 7.71. The van der Waals surface area contributed by atoms with E-state index in [4.69, 9.17) is 23.9 Å². The number of hydrogen-bond acceptors (Lipinski definition) is 7. The molecule has 4 aromatic rings. The first-order valence-corrected chi connectivity index (χ1v) is 11.0. The molecule has 1 heterocycles. The Morgan fingerprint density at radius 1 is 0.778 bits per heavy atom. The first-order valence-electron chi connectivity index (χ1n) is 11.0. The number of phenolic OH excluding ortho intramolecular Hbond substituents is 1. The number of imidazole rings is 1. The molecule has 2 N–H and O–H groups in total. The van der Waals surface area contributed by atoms with E-state index in [0.29, 0.717) is 34.3 Å². The van der Waals surface area contributed by atoms with Crippen LogP contribution in [0.1, 0.15) is 0 Å². The molecular weight excluding hydrogens is 462 g/mol. The number of nitrogens with zero attached hydrogens (tertiary/aromatic N) is 2. The second-order valence-corrected chi connectivity index (χ2v) is 7.71. The van der Waals surface area contributed by atoms with Crippen LogP contribution in [0.25, 0.3) is 33.9 Å². The van der Waals surface area contributed by atoms with E-state index in [2.05, 4.69) is 5.32 Å². The van der Waals surface area contributed by atoms with E-state index in [-0.39, 0.29) is 17.2 Å². The number of carbonyl (C=O) groups excluding carboxylic acids is 1. The molecule has 0 spiro atoms. The molecule has 4 rings (SSSR count). The number of carbonyl (C=O) groups is 1. The van der Waals surface area contributed by atoms with Crippen LogP contribution in [0.15, 0.2) is 60.7 Å². The van der Waals surface area contributed by atoms with Gasteiger partial charge in [0.15, 0.2) is 11.5 Å². The number of ether oxygens (including phenoxy) is 4. The number of rotatable bonds is 7. The lowest BCUT2D eigenvalue weighted by Crippen LogP contribution is -2.26. The van der Waals surface area contributed by atoms with Crippen molar-refractivity contribution in [3.05, 3.63) is 60.7 Å². The van der Waals surface area contributed by atoms with Gasteiger partial charge in [0.05, 0.1) is 39.8 Å². The number of benzene rings is 3. The molecule has 0 unspecified atom stereocenters. The summed E-state index contributed by atoms with van der Waals surface area (Å²) >= 11 is 0. The largest absolute Gasteiger partial charge is 0.502 e. The van der Waals surface area contributed by atoms with Crippen LogP contribution in [0, 0.1) is 0 Å². The predicted octanol–water partition coefficient (Wildman–Crippen LogP) is 4.81. The Bertz CT molecular complexity index is 1350. The van der Waals surface area contributed by atoms with Gasteiger partial charge in [-0.05, 0) is 60.7 Å². The van der Waals surface area contributed by atoms with Crippen LogP contribution in [-0.4, -0.2) is 56.2 Å². The van der Waals surface area contributed by atoms with Gasteiger partial charge in [0.1, 0.15) is 17.3 Å². The Morgan fingerprint density at radius 2 is 1.28 bits per heavy atom. The minimum atomic E-state index is -0.394. The van der Waals surface area contributed by atoms with E-state index in [1.165, 1.54) is 18.8 Å². The summed E-state index contributed by atoms with van der Waals surface area (Å²) in [4.78, 5) is 18.2. The average Bonchev–Trinajstić information content (AvgIpc) is 3.33. The first-order chi connectivity index (χ1) is 17.4. The molecule has 0 radical (unpaired) electrons. The Kier molecular flexibility index (Phi) is 7.00. The molecule has 3 aromatic carbocycles. The molecule has 36 heavy (non-hydrogen) atoms. The average molecular weight is 490 g/mol. The molecule has 186 valence electrons. The standard InChI is InChI=1S/C27H27N3O6/c1-28-27(32)30-24(17-8-12-20(34-3)13-9-17)23(16-6-10-19(33-2)11-7-16)29-26(30)18-14-21(35-4)25(31)22(15-18)36-5/h6-15,31H,1-5H3,(H,28,32). The number of amides is 1. The van der Waals surface area contributed by atoms with Crippen molar-refractivity contribution in [2.24, 2.45) is 0 Å². The molecule has 0 bridgehead atoms. The van der Waals surface area contributed by atoms with E-state index < -0.39 is 6.03 Å². The highest BCUT2D eigenvalue weighted by atomic mass is 16.5. The van der Waals surface area contributed by atoms with Gasteiger partial charge in [-0.1, -0.05) is 0 Å². The lowest BCUT2D eigenvalue weighted by atomic mass is 10.0. The highest BCUT2D eigenvalue weighted by Crippen LogP contribution is 2.43. The maximum absolute atomic E-state index is 13.3. The minimum absolute atomic E-state index is 0.146. The van der Waals surface area contributed by atoms with Crippen LogP contribution in [0.2, 0.25) is 0 Å². The van der Waals surface area contributed by atoms with Crippen molar-refractivity contribution in [2.45, 2.75) is 0 Å². The van der Waals surface area contributed by atoms with Crippen molar-refractivity contribution in [2.75, 3.05) is 35.5 Å². The van der Waals surface area contributed by atoms with Crippen LogP contribution in [0.5, 0.6) is 28.7 Å². The molecule has 0 aliphatic rings. The fourth-order valence-corrected chi connectivity index (χ4v) is 3.91. The van der Waals surface area contributed by atoms with Gasteiger partial charge in [0.25, 0.3) is 0 Å². The van der Waals surface area contributed by atoms with Crippen molar-refractivity contribution in [3.63, 3.8) is 0 Å². The topological polar surface area (TPSA) is 104 Å². The van der Waals surface area contributed by atoms with Crippen LogP contribution in [-0.2, 0) is 0 Å². The molecule has 0 aliphatic heterocycles. The summed E-state index contributed by atoms with van der Waals surface area (Å²) in [6.45, 7) is 0. The van der Waals surface area contributed by atoms with Gasteiger partial charge in [0, 0.05) is 23.7 Å². The number of aromatic nitrogens is 2. The summed E-state index contributed by atoms with van der Waals surface area (Å²) in [7, 11) is 7.62. The Morgan fingerprint density at radius 3 is 1.72 bits per heavy atom. The normalized spacial score (nSPS) is 10.6. The van der Waals surface area contributed by atoms with Gasteiger partial charge in [-0.25, -0.2) is 14.3 Å². The van der Waals surface area contributed by atoms with Crippen molar-refractivity contribution in [3.8, 4) is 62.7 Å². The Labute approximate surface area is 208 Å². The molecule has 9 nitrogen and oxygen atoms in total. The molecule has 1 aromatic heterocycles. The number of aromatic hydroxyl groups is 1. The van der Waals surface area contributed by atoms with E-state index in [1.807, 2.05) is 48.5 Å². The monoisotopic (exact) mass is 489 g/mol. The van der Waals surface area contributed by atoms with E-state index >= 15 is 0 Å². The lowest BCUT2D eigenvalue weighted by Gasteiger charge is -2.14. The molecule has 0 saturated heterocycles. The maximum atomic E-state index is 13.3. The minimum Gasteiger partial charge on any atom is -0.502 e. The number of hydrogen-bond donors (Lipinski definition) is 2. The molecule has 0 saturated carbocycles. The van der Waals surface area contributed by atoms with Crippen LogP contribution in [0.3, 0.4) is 0 Å². The molecule has 1 amide bonds. The van der Waals surface area contributed by atoms with Crippen LogP contribution in [0.4, 0.5) is 4.79 Å². The molecule has 0 atom stereocenters. The van der Waals surface area contributed by atoms with Gasteiger partial charge in [-0.15, -0.1) is 0 Å². The Hall–Kier alpha value is -4.66. The fourth-order valence-electron chi connectivity index (χ4n) is 3.91. The molecule has 9 heteroatoms. The van der Waals surface area contributed by atoms with Gasteiger partial charge in [-0.2, -0.15) is 0 Å². The van der Waals surface area contributed by atoms with E-state index in [1.54, 1.807) is 33.4 Å². The van der Waals surface area contributed by atoms with Crippen molar-refractivity contribution >= 4 is 6.03 Å². The number of nitrogens with one attached hydrogen (secondary N) is 1. The number of phenols is 1. The molecule has 0 aliphatic carbocycles. The highest BCUT2D eigenvalue weighted by molar-refractivity contribution is 5.93. The predicted molar refractivity (Wildman–Crippen MR) is 136 cm³/mol. The molecular formula is C27H27N3O6. The molecule has 0 fully saturated rings. The smallest absolute Gasteiger partial charge is 0.327 e. The zero-order chi connectivity index (χ0) is 25.8. The van der Waals surface area contributed by atoms with Crippen molar-refractivity contribution in [1.29, 1.82) is 0 Å². The SMILES string of the molecule is CNC(=O)n1c(-c2cc(OC)c(O)c(OC)c2)nc(-c2ccc(OC)cc2)c1-c1ccc(OC)cc1. The van der Waals surface area contributed by atoms with Gasteiger partial charge >= 0.3 is 6.03 Å². The zero-order valence-electron chi connectivity index (χ0n) is 20.7. The van der Waals surface area contributed by atoms with E-state index in [0.717, 1.165) is 11.1 Å². The summed E-state index contributed by atoms with van der Waals surface area (Å²) in [6, 6.07) is 17.6. The third-order valence-corrected chi connectivity index (χ3v) is 5.76. The van der Waals surface area contributed by atoms with E-state index in [9.17, 15) is 9.90 Å². The van der Waals surface area contributed by atoms with Gasteiger partial charge in [-0.3, -0.25) is 0 Å². The van der Waals surface area contributed by atoms with Crippen molar-refractivity contribution in [1.82, 2.24) is 14.9 Å². The van der Waals surface area contributed by atoms with Crippen LogP contribution < -0.4 is 24.3 Å². The summed E-state index contributed by atoms with van der Waals surface area (Å²) in [5.41, 5.74) is 3.19. The third-order valence-electron chi connectivity index (χ3n) is 5.76. The summed E-state index contributed by atoms with van der Waals surface area (Å²) in [5.74, 6) is 1.95. The van der Waals surface area contributed by atoms with Gasteiger partial charge in [0.2, 0.25) is 5.75 Å². The zero-order valence-corrected chi connectivity index (χ0v) is 20.7. The summed E-state index contributed by atoms with van der Waals surface area (Å²) in [5, 5.41) is 13.1. The number of methoxy groups -OCH3 is 4. The van der Waals surface area contributed by atoms with Crippen LogP contribution >= 0.6 is 0 Å². The Balaban J connectivity index is 2.06. The lowest BCUT2D eigenvalue weighted by molar-refractivity contribution is 0.245. The first kappa shape index (κ1) is 24.5. The quantitative estimate of drug-likeness (QED) is 0.384. The second kappa shape index (κ2) is 10.3. The summed E-state index contributed by atoms with van der Waals surface area (Å²) < 4.78 is 22.8. The highest BCUT2D eigenvalue weighted by Gasteiger charge is 2.26. The van der Waals surface area contributed by atoms with Crippen molar-refractivity contribution < 1.29 is 28.8 Å². The third kappa shape index (κ3) is 4.38. The maximum Gasteiger partial charge on any atom is 0.327 e. The summed E-state index contributed by atoms with van der Waals surface area (Å²) in [6.07, 6.45) is 0. The van der Waals surface area contributed by atoms with Gasteiger partial charge < -0.3 is 29.4 Å². The fraction of sp³-hybridized carbons (Fsp3) is 0.185.